The van der Waals surface area contributed by atoms with Gasteiger partial charge in [-0.1, -0.05) is 24.3 Å². The first-order chi connectivity index (χ1) is 15.6. The van der Waals surface area contributed by atoms with Crippen LogP contribution < -0.4 is 4.90 Å². The number of halogens is 1. The molecule has 0 N–H and O–H groups in total. The molecule has 0 unspecified atom stereocenters. The van der Waals surface area contributed by atoms with Crippen molar-refractivity contribution in [1.29, 1.82) is 5.26 Å². The molecule has 6 nitrogen and oxygen atoms in total. The lowest BCUT2D eigenvalue weighted by atomic mass is 10.0. The number of rotatable bonds is 7. The van der Waals surface area contributed by atoms with Crippen molar-refractivity contribution < 1.29 is 13.9 Å². The number of hydrogen-bond acceptors (Lipinski definition) is 4. The van der Waals surface area contributed by atoms with E-state index < -0.39 is 6.67 Å². The van der Waals surface area contributed by atoms with Gasteiger partial charge in [-0.3, -0.25) is 4.79 Å². The smallest absolute Gasteiger partial charge is 0.258 e. The van der Waals surface area contributed by atoms with Crippen LogP contribution in [0.4, 0.5) is 10.1 Å². The Morgan fingerprint density at radius 3 is 2.56 bits per heavy atom. The maximum Gasteiger partial charge on any atom is 0.258 e. The maximum atomic E-state index is 13.4. The molecule has 2 heterocycles. The lowest BCUT2D eigenvalue weighted by molar-refractivity contribution is 0.0976. The number of methoxy groups -OCH3 is 1. The van der Waals surface area contributed by atoms with Crippen LogP contribution in [-0.2, 0) is 11.4 Å². The fraction of sp³-hybridized carbons (Fsp3) is 0.160. The SMILES string of the molecule is COCCN(C(=O)c1ccn2ncc(-c3ccc(CF)cc3)c2c1)c1ccc(C#N)cc1. The van der Waals surface area contributed by atoms with Gasteiger partial charge in [0.15, 0.2) is 0 Å². The number of nitriles is 1. The van der Waals surface area contributed by atoms with Crippen molar-refractivity contribution >= 4 is 17.1 Å². The summed E-state index contributed by atoms with van der Waals surface area (Å²) in [5, 5.41) is 13.4. The van der Waals surface area contributed by atoms with Gasteiger partial charge in [-0.15, -0.1) is 0 Å². The van der Waals surface area contributed by atoms with E-state index in [2.05, 4.69) is 11.2 Å². The number of hydrogen-bond donors (Lipinski definition) is 0. The molecule has 1 amide bonds. The number of pyridine rings is 1. The molecular weight excluding hydrogens is 407 g/mol. The Morgan fingerprint density at radius 2 is 1.91 bits per heavy atom. The molecule has 4 rings (SSSR count). The number of ether oxygens (including phenoxy) is 1. The summed E-state index contributed by atoms with van der Waals surface area (Å²) >= 11 is 0. The third-order valence-electron chi connectivity index (χ3n) is 5.26. The van der Waals surface area contributed by atoms with Crippen LogP contribution in [0.15, 0.2) is 73.1 Å². The second-order valence-electron chi connectivity index (χ2n) is 7.24. The van der Waals surface area contributed by atoms with Crippen LogP contribution >= 0.6 is 0 Å². The first kappa shape index (κ1) is 21.2. The number of alkyl halides is 1. The van der Waals surface area contributed by atoms with Crippen LogP contribution in [0.2, 0.25) is 0 Å². The zero-order valence-electron chi connectivity index (χ0n) is 17.5. The second-order valence-corrected chi connectivity index (χ2v) is 7.24. The molecular formula is C25H21FN4O2. The number of fused-ring (bicyclic) bond motifs is 1. The van der Waals surface area contributed by atoms with Gasteiger partial charge in [0.25, 0.3) is 5.91 Å². The molecule has 0 radical (unpaired) electrons. The van der Waals surface area contributed by atoms with Crippen molar-refractivity contribution in [1.82, 2.24) is 9.61 Å². The highest BCUT2D eigenvalue weighted by molar-refractivity contribution is 6.07. The summed E-state index contributed by atoms with van der Waals surface area (Å²) in [5.41, 5.74) is 4.84. The van der Waals surface area contributed by atoms with Crippen LogP contribution in [0, 0.1) is 11.3 Å². The zero-order chi connectivity index (χ0) is 22.5. The van der Waals surface area contributed by atoms with E-state index in [1.807, 2.05) is 12.1 Å². The monoisotopic (exact) mass is 428 g/mol. The van der Waals surface area contributed by atoms with Gasteiger partial charge in [-0.2, -0.15) is 10.4 Å². The summed E-state index contributed by atoms with van der Waals surface area (Å²) in [6, 6.07) is 19.7. The molecule has 0 bridgehead atoms. The molecule has 160 valence electrons. The van der Waals surface area contributed by atoms with Gasteiger partial charge in [-0.05, 0) is 47.5 Å². The Morgan fingerprint density at radius 1 is 1.16 bits per heavy atom. The minimum atomic E-state index is -0.514. The van der Waals surface area contributed by atoms with Crippen LogP contribution in [0.25, 0.3) is 16.6 Å². The lowest BCUT2D eigenvalue weighted by Crippen LogP contribution is -2.34. The van der Waals surface area contributed by atoms with Gasteiger partial charge < -0.3 is 9.64 Å². The van der Waals surface area contributed by atoms with E-state index in [0.717, 1.165) is 16.6 Å². The molecule has 2 aromatic heterocycles. The standard InChI is InChI=1S/C25H21FN4O2/c1-32-13-12-29(22-8-4-19(16-27)5-9-22)25(31)21-10-11-30-24(14-21)23(17-28-30)20-6-2-18(15-26)3-7-20/h2-11,14,17H,12-13,15H2,1H3. The fourth-order valence-corrected chi connectivity index (χ4v) is 3.51. The summed E-state index contributed by atoms with van der Waals surface area (Å²) in [6.45, 7) is 0.219. The molecule has 0 saturated carbocycles. The average molecular weight is 428 g/mol. The maximum absolute atomic E-state index is 13.4. The van der Waals surface area contributed by atoms with Crippen molar-refractivity contribution in [2.24, 2.45) is 0 Å². The van der Waals surface area contributed by atoms with Crippen LogP contribution in [0.3, 0.4) is 0 Å². The van der Waals surface area contributed by atoms with Crippen molar-refractivity contribution in [2.45, 2.75) is 6.67 Å². The predicted molar refractivity (Wildman–Crippen MR) is 120 cm³/mol. The summed E-state index contributed by atoms with van der Waals surface area (Å²) in [4.78, 5) is 15.1. The molecule has 4 aromatic rings. The van der Waals surface area contributed by atoms with Crippen LogP contribution in [-0.4, -0.2) is 35.8 Å². The predicted octanol–water partition coefficient (Wildman–Crippen LogP) is 4.64. The van der Waals surface area contributed by atoms with Crippen molar-refractivity contribution in [3.63, 3.8) is 0 Å². The number of amides is 1. The molecule has 0 saturated heterocycles. The lowest BCUT2D eigenvalue weighted by Gasteiger charge is -2.23. The highest BCUT2D eigenvalue weighted by Gasteiger charge is 2.19. The Hall–Kier alpha value is -4.02. The van der Waals surface area contributed by atoms with Gasteiger partial charge in [0.1, 0.15) is 6.67 Å². The topological polar surface area (TPSA) is 70.6 Å². The van der Waals surface area contributed by atoms with E-state index in [4.69, 9.17) is 10.00 Å². The fourth-order valence-electron chi connectivity index (χ4n) is 3.51. The van der Waals surface area contributed by atoms with Gasteiger partial charge in [0, 0.05) is 36.7 Å². The van der Waals surface area contributed by atoms with Crippen molar-refractivity contribution in [2.75, 3.05) is 25.2 Å². The summed E-state index contributed by atoms with van der Waals surface area (Å²) < 4.78 is 19.8. The second kappa shape index (κ2) is 9.41. The molecule has 32 heavy (non-hydrogen) atoms. The third kappa shape index (κ3) is 4.22. The third-order valence-corrected chi connectivity index (χ3v) is 5.26. The Balaban J connectivity index is 1.71. The minimum absolute atomic E-state index is 0.186. The number of benzene rings is 2. The zero-order valence-corrected chi connectivity index (χ0v) is 17.5. The number of anilines is 1. The first-order valence-electron chi connectivity index (χ1n) is 10.1. The number of nitrogens with zero attached hydrogens (tertiary/aromatic N) is 4. The summed E-state index contributed by atoms with van der Waals surface area (Å²) in [5.74, 6) is -0.186. The number of carbonyl (C=O) groups is 1. The normalized spacial score (nSPS) is 10.8. The van der Waals surface area contributed by atoms with E-state index in [9.17, 15) is 9.18 Å². The molecule has 7 heteroatoms. The Kier molecular flexibility index (Phi) is 6.24. The molecule has 0 aliphatic heterocycles. The quantitative estimate of drug-likeness (QED) is 0.430. The molecule has 0 aliphatic carbocycles. The number of aromatic nitrogens is 2. The van der Waals surface area contributed by atoms with Crippen molar-refractivity contribution in [3.8, 4) is 17.2 Å². The van der Waals surface area contributed by atoms with E-state index in [1.54, 1.807) is 77.4 Å². The van der Waals surface area contributed by atoms with E-state index in [1.165, 1.54) is 0 Å². The Labute approximate surface area is 185 Å². The van der Waals surface area contributed by atoms with Gasteiger partial charge in [0.05, 0.1) is 30.0 Å². The molecule has 2 aromatic carbocycles. The Bertz CT molecular complexity index is 1270. The first-order valence-corrected chi connectivity index (χ1v) is 10.1. The molecule has 0 aliphatic rings. The molecule has 0 spiro atoms. The largest absolute Gasteiger partial charge is 0.383 e. The van der Waals surface area contributed by atoms with Gasteiger partial charge in [-0.25, -0.2) is 8.91 Å². The van der Waals surface area contributed by atoms with Gasteiger partial charge >= 0.3 is 0 Å². The van der Waals surface area contributed by atoms with E-state index in [0.29, 0.717) is 35.5 Å². The van der Waals surface area contributed by atoms with Gasteiger partial charge in [0.2, 0.25) is 0 Å². The molecule has 0 fully saturated rings. The summed E-state index contributed by atoms with van der Waals surface area (Å²) in [6.07, 6.45) is 3.48. The van der Waals surface area contributed by atoms with Crippen molar-refractivity contribution in [3.05, 3.63) is 89.7 Å². The average Bonchev–Trinajstić information content (AvgIpc) is 3.28. The van der Waals surface area contributed by atoms with E-state index >= 15 is 0 Å². The van der Waals surface area contributed by atoms with Crippen LogP contribution in [0.5, 0.6) is 0 Å². The minimum Gasteiger partial charge on any atom is -0.383 e. The highest BCUT2D eigenvalue weighted by atomic mass is 19.1. The molecule has 0 atom stereocenters. The van der Waals surface area contributed by atoms with Crippen LogP contribution in [0.1, 0.15) is 21.5 Å². The highest BCUT2D eigenvalue weighted by Crippen LogP contribution is 2.27. The number of carbonyl (C=O) groups excluding carboxylic acids is 1. The summed E-state index contributed by atoms with van der Waals surface area (Å²) in [7, 11) is 1.58. The van der Waals surface area contributed by atoms with E-state index in [-0.39, 0.29) is 5.91 Å².